The SMILES string of the molecule is CC1(C(=O)O)C(O)CC2c3ccccc3CC1N2C(=O)O. The van der Waals surface area contributed by atoms with Crippen molar-refractivity contribution in [1.29, 1.82) is 0 Å². The van der Waals surface area contributed by atoms with Crippen molar-refractivity contribution in [3.8, 4) is 0 Å². The molecule has 1 saturated heterocycles. The second-order valence-corrected chi connectivity index (χ2v) is 5.96. The number of aliphatic hydroxyl groups excluding tert-OH is 1. The highest BCUT2D eigenvalue weighted by Crippen LogP contribution is 2.49. The zero-order valence-corrected chi connectivity index (χ0v) is 11.6. The molecule has 0 aliphatic carbocycles. The molecule has 2 bridgehead atoms. The van der Waals surface area contributed by atoms with E-state index < -0.39 is 35.7 Å². The summed E-state index contributed by atoms with van der Waals surface area (Å²) < 4.78 is 0. The van der Waals surface area contributed by atoms with Gasteiger partial charge >= 0.3 is 12.1 Å². The quantitative estimate of drug-likeness (QED) is 0.728. The fourth-order valence-corrected chi connectivity index (χ4v) is 3.69. The minimum Gasteiger partial charge on any atom is -0.481 e. The minimum atomic E-state index is -1.50. The summed E-state index contributed by atoms with van der Waals surface area (Å²) in [5.41, 5.74) is 0.328. The largest absolute Gasteiger partial charge is 0.481 e. The van der Waals surface area contributed by atoms with E-state index in [4.69, 9.17) is 0 Å². The molecule has 4 atom stereocenters. The van der Waals surface area contributed by atoms with Crippen molar-refractivity contribution in [2.75, 3.05) is 0 Å². The van der Waals surface area contributed by atoms with E-state index in [-0.39, 0.29) is 6.42 Å². The molecule has 4 unspecified atom stereocenters. The summed E-state index contributed by atoms with van der Waals surface area (Å²) in [6, 6.07) is 6.18. The number of nitrogens with zero attached hydrogens (tertiary/aromatic N) is 1. The van der Waals surface area contributed by atoms with Gasteiger partial charge in [-0.1, -0.05) is 24.3 Å². The molecule has 0 radical (unpaired) electrons. The number of aliphatic carboxylic acids is 1. The molecule has 0 saturated carbocycles. The molecule has 2 aliphatic rings. The summed E-state index contributed by atoms with van der Waals surface area (Å²) in [5.74, 6) is -1.16. The molecule has 0 spiro atoms. The van der Waals surface area contributed by atoms with Crippen LogP contribution in [0.2, 0.25) is 0 Å². The molecule has 6 heteroatoms. The minimum absolute atomic E-state index is 0.0998. The van der Waals surface area contributed by atoms with Gasteiger partial charge in [0.2, 0.25) is 0 Å². The second-order valence-electron chi connectivity index (χ2n) is 5.96. The number of carboxylic acids is 1. The van der Waals surface area contributed by atoms with Gasteiger partial charge in [0.05, 0.1) is 18.2 Å². The van der Waals surface area contributed by atoms with Crippen LogP contribution in [0.4, 0.5) is 4.79 Å². The van der Waals surface area contributed by atoms with E-state index in [0.717, 1.165) is 11.1 Å². The van der Waals surface area contributed by atoms with Crippen LogP contribution in [0.1, 0.15) is 30.5 Å². The lowest BCUT2D eigenvalue weighted by atomic mass is 9.64. The second kappa shape index (κ2) is 4.46. The Morgan fingerprint density at radius 2 is 1.95 bits per heavy atom. The van der Waals surface area contributed by atoms with Crippen molar-refractivity contribution in [3.63, 3.8) is 0 Å². The number of carboxylic acid groups (broad SMARTS) is 2. The van der Waals surface area contributed by atoms with Crippen LogP contribution in [0.25, 0.3) is 0 Å². The Bertz CT molecular complexity index is 616. The van der Waals surface area contributed by atoms with Gasteiger partial charge in [-0.3, -0.25) is 9.69 Å². The van der Waals surface area contributed by atoms with Crippen molar-refractivity contribution < 1.29 is 24.9 Å². The van der Waals surface area contributed by atoms with E-state index in [0.29, 0.717) is 6.42 Å². The summed E-state index contributed by atoms with van der Waals surface area (Å²) in [6.45, 7) is 1.44. The molecular weight excluding hydrogens is 274 g/mol. The Balaban J connectivity index is 2.18. The smallest absolute Gasteiger partial charge is 0.408 e. The maximum atomic E-state index is 11.7. The average Bonchev–Trinajstić information content (AvgIpc) is 2.44. The highest BCUT2D eigenvalue weighted by atomic mass is 16.4. The number of hydrogen-bond donors (Lipinski definition) is 3. The lowest BCUT2D eigenvalue weighted by Crippen LogP contribution is -2.65. The van der Waals surface area contributed by atoms with Crippen LogP contribution in [-0.4, -0.2) is 44.4 Å². The van der Waals surface area contributed by atoms with E-state index in [1.807, 2.05) is 24.3 Å². The monoisotopic (exact) mass is 291 g/mol. The molecule has 2 heterocycles. The average molecular weight is 291 g/mol. The first-order valence-electron chi connectivity index (χ1n) is 6.88. The number of aliphatic hydroxyl groups is 1. The van der Waals surface area contributed by atoms with Gasteiger partial charge in [-0.25, -0.2) is 4.79 Å². The van der Waals surface area contributed by atoms with Crippen LogP contribution in [0, 0.1) is 5.41 Å². The maximum absolute atomic E-state index is 11.7. The van der Waals surface area contributed by atoms with Crippen molar-refractivity contribution in [1.82, 2.24) is 4.90 Å². The fourth-order valence-electron chi connectivity index (χ4n) is 3.69. The van der Waals surface area contributed by atoms with Crippen LogP contribution in [-0.2, 0) is 11.2 Å². The Morgan fingerprint density at radius 1 is 1.29 bits per heavy atom. The maximum Gasteiger partial charge on any atom is 0.408 e. The third kappa shape index (κ3) is 1.75. The first-order chi connectivity index (χ1) is 9.87. The summed E-state index contributed by atoms with van der Waals surface area (Å²) in [5, 5.41) is 29.4. The van der Waals surface area contributed by atoms with Gasteiger partial charge in [-0.2, -0.15) is 0 Å². The molecular formula is C15H17NO5. The molecule has 1 fully saturated rings. The van der Waals surface area contributed by atoms with E-state index in [1.165, 1.54) is 11.8 Å². The Morgan fingerprint density at radius 3 is 2.57 bits per heavy atom. The Hall–Kier alpha value is -2.08. The third-order valence-electron chi connectivity index (χ3n) is 5.01. The normalized spacial score (nSPS) is 34.2. The third-order valence-corrected chi connectivity index (χ3v) is 5.01. The van der Waals surface area contributed by atoms with Crippen LogP contribution < -0.4 is 0 Å². The van der Waals surface area contributed by atoms with E-state index >= 15 is 0 Å². The molecule has 1 amide bonds. The highest BCUT2D eigenvalue weighted by molar-refractivity contribution is 5.79. The van der Waals surface area contributed by atoms with Gasteiger partial charge < -0.3 is 15.3 Å². The van der Waals surface area contributed by atoms with Crippen molar-refractivity contribution in [2.24, 2.45) is 5.41 Å². The molecule has 1 aromatic carbocycles. The van der Waals surface area contributed by atoms with E-state index in [1.54, 1.807) is 0 Å². The number of amides is 1. The molecule has 1 aromatic rings. The number of piperidine rings is 1. The molecule has 6 nitrogen and oxygen atoms in total. The number of fused-ring (bicyclic) bond motifs is 4. The van der Waals surface area contributed by atoms with Gasteiger partial charge in [0.25, 0.3) is 0 Å². The van der Waals surface area contributed by atoms with Crippen molar-refractivity contribution >= 4 is 12.1 Å². The number of hydrogen-bond acceptors (Lipinski definition) is 3. The van der Waals surface area contributed by atoms with E-state index in [2.05, 4.69) is 0 Å². The predicted octanol–water partition coefficient (Wildman–Crippen LogP) is 1.49. The molecule has 3 rings (SSSR count). The van der Waals surface area contributed by atoms with Crippen molar-refractivity contribution in [2.45, 2.75) is 38.0 Å². The predicted molar refractivity (Wildman–Crippen MR) is 72.9 cm³/mol. The topological polar surface area (TPSA) is 98.1 Å². The van der Waals surface area contributed by atoms with Gasteiger partial charge in [0, 0.05) is 0 Å². The van der Waals surface area contributed by atoms with Gasteiger partial charge in [-0.15, -0.1) is 0 Å². The zero-order valence-electron chi connectivity index (χ0n) is 11.6. The molecule has 112 valence electrons. The Labute approximate surface area is 121 Å². The summed E-state index contributed by atoms with van der Waals surface area (Å²) >= 11 is 0. The number of rotatable bonds is 1. The lowest BCUT2D eigenvalue weighted by Gasteiger charge is -2.54. The van der Waals surface area contributed by atoms with Crippen LogP contribution in [0.3, 0.4) is 0 Å². The van der Waals surface area contributed by atoms with Crippen LogP contribution in [0.15, 0.2) is 24.3 Å². The highest BCUT2D eigenvalue weighted by Gasteiger charge is 2.59. The first kappa shape index (κ1) is 13.9. The number of benzene rings is 1. The van der Waals surface area contributed by atoms with Crippen molar-refractivity contribution in [3.05, 3.63) is 35.4 Å². The molecule has 2 aliphatic heterocycles. The lowest BCUT2D eigenvalue weighted by molar-refractivity contribution is -0.172. The number of carbonyl (C=O) groups is 2. The van der Waals surface area contributed by atoms with Gasteiger partial charge in [0.15, 0.2) is 0 Å². The van der Waals surface area contributed by atoms with Crippen LogP contribution >= 0.6 is 0 Å². The van der Waals surface area contributed by atoms with Gasteiger partial charge in [-0.05, 0) is 30.9 Å². The zero-order chi connectivity index (χ0) is 15.4. The summed E-state index contributed by atoms with van der Waals surface area (Å²) in [6.07, 6.45) is -1.81. The van der Waals surface area contributed by atoms with Gasteiger partial charge in [0.1, 0.15) is 5.41 Å². The van der Waals surface area contributed by atoms with E-state index in [9.17, 15) is 24.9 Å². The molecule has 0 aromatic heterocycles. The summed E-state index contributed by atoms with van der Waals surface area (Å²) in [7, 11) is 0. The Kier molecular flexibility index (Phi) is 2.95. The standard InChI is InChI=1S/C15H17NO5/c1-15(13(18)19)11-6-8-4-2-3-5-9(8)10(7-12(15)17)16(11)14(20)21/h2-5,10-12,17H,6-7H2,1H3,(H,18,19)(H,20,21). The molecule has 3 N–H and O–H groups in total. The first-order valence-corrected chi connectivity index (χ1v) is 6.88. The van der Waals surface area contributed by atoms with Crippen LogP contribution in [0.5, 0.6) is 0 Å². The molecule has 21 heavy (non-hydrogen) atoms. The summed E-state index contributed by atoms with van der Waals surface area (Å²) in [4.78, 5) is 24.5. The fraction of sp³-hybridized carbons (Fsp3) is 0.467.